The number of carbonyl (C=O) groups is 2. The normalized spacial score (nSPS) is 15.0. The van der Waals surface area contributed by atoms with Crippen LogP contribution in [0.3, 0.4) is 0 Å². The molecule has 20 heavy (non-hydrogen) atoms. The molecule has 0 aromatic carbocycles. The second kappa shape index (κ2) is 8.51. The van der Waals surface area contributed by atoms with Crippen molar-refractivity contribution >= 4 is 11.8 Å². The van der Waals surface area contributed by atoms with Crippen molar-refractivity contribution in [1.82, 2.24) is 20.0 Å². The van der Waals surface area contributed by atoms with Gasteiger partial charge in [0.2, 0.25) is 11.8 Å². The minimum Gasteiger partial charge on any atom is -0.344 e. The van der Waals surface area contributed by atoms with Gasteiger partial charge < -0.3 is 15.1 Å². The Bertz CT molecular complexity index is 373. The molecule has 7 nitrogen and oxygen atoms in total. The highest BCUT2D eigenvalue weighted by Crippen LogP contribution is 1.97. The number of rotatable bonds is 6. The van der Waals surface area contributed by atoms with Gasteiger partial charge in [-0.05, 0) is 7.05 Å². The number of carbonyl (C=O) groups excluding carboxylic acids is 2. The third kappa shape index (κ3) is 5.55. The van der Waals surface area contributed by atoms with Crippen LogP contribution in [0, 0.1) is 11.3 Å². The molecule has 0 aromatic heterocycles. The van der Waals surface area contributed by atoms with E-state index in [0.717, 1.165) is 26.2 Å². The summed E-state index contributed by atoms with van der Waals surface area (Å²) in [6.45, 7) is 3.97. The second-order valence-corrected chi connectivity index (χ2v) is 5.03. The molecule has 1 fully saturated rings. The van der Waals surface area contributed by atoms with Crippen LogP contribution < -0.4 is 5.32 Å². The van der Waals surface area contributed by atoms with E-state index < -0.39 is 0 Å². The second-order valence-electron chi connectivity index (χ2n) is 5.03. The molecule has 0 saturated carbocycles. The van der Waals surface area contributed by atoms with Crippen molar-refractivity contribution in [2.45, 2.75) is 6.42 Å². The number of piperazine rings is 1. The summed E-state index contributed by atoms with van der Waals surface area (Å²) in [7, 11) is 3.43. The van der Waals surface area contributed by atoms with Gasteiger partial charge >= 0.3 is 0 Å². The van der Waals surface area contributed by atoms with E-state index in [1.165, 1.54) is 4.90 Å². The number of nitrogens with one attached hydrogen (secondary N) is 1. The van der Waals surface area contributed by atoms with Crippen LogP contribution in [0.5, 0.6) is 0 Å². The number of nitriles is 1. The van der Waals surface area contributed by atoms with E-state index in [4.69, 9.17) is 5.26 Å². The van der Waals surface area contributed by atoms with E-state index in [-0.39, 0.29) is 24.9 Å². The summed E-state index contributed by atoms with van der Waals surface area (Å²) in [6.07, 6.45) is 0.325. The highest BCUT2D eigenvalue weighted by molar-refractivity contribution is 5.81. The van der Waals surface area contributed by atoms with E-state index in [2.05, 4.69) is 5.32 Å². The Hall–Kier alpha value is -1.65. The predicted octanol–water partition coefficient (Wildman–Crippen LogP) is -1.28. The van der Waals surface area contributed by atoms with Crippen LogP contribution in [0.4, 0.5) is 0 Å². The summed E-state index contributed by atoms with van der Waals surface area (Å²) in [4.78, 5) is 28.9. The first-order valence-corrected chi connectivity index (χ1v) is 6.82. The Morgan fingerprint density at radius 1 is 1.25 bits per heavy atom. The molecule has 1 heterocycles. The number of nitrogens with zero attached hydrogens (tertiary/aromatic N) is 4. The Morgan fingerprint density at radius 2 is 1.90 bits per heavy atom. The summed E-state index contributed by atoms with van der Waals surface area (Å²) >= 11 is 0. The van der Waals surface area contributed by atoms with Crippen molar-refractivity contribution in [3.05, 3.63) is 0 Å². The molecule has 1 saturated heterocycles. The number of hydrogen-bond donors (Lipinski definition) is 1. The maximum atomic E-state index is 12.0. The molecule has 1 aliphatic rings. The van der Waals surface area contributed by atoms with Gasteiger partial charge in [0.1, 0.15) is 0 Å². The summed E-state index contributed by atoms with van der Waals surface area (Å²) in [5, 5.41) is 11.7. The molecule has 0 atom stereocenters. The first-order chi connectivity index (χ1) is 9.54. The summed E-state index contributed by atoms with van der Waals surface area (Å²) in [6, 6.07) is 2.01. The van der Waals surface area contributed by atoms with Crippen LogP contribution in [0.25, 0.3) is 0 Å². The van der Waals surface area contributed by atoms with E-state index in [1.54, 1.807) is 19.0 Å². The smallest absolute Gasteiger partial charge is 0.236 e. The summed E-state index contributed by atoms with van der Waals surface area (Å²) in [5.41, 5.74) is 0. The van der Waals surface area contributed by atoms with Crippen molar-refractivity contribution < 1.29 is 9.59 Å². The molecule has 0 radical (unpaired) electrons. The Morgan fingerprint density at radius 3 is 2.50 bits per heavy atom. The third-order valence-corrected chi connectivity index (χ3v) is 3.26. The molecule has 0 unspecified atom stereocenters. The molecule has 0 aliphatic carbocycles. The molecule has 112 valence electrons. The number of amides is 2. The van der Waals surface area contributed by atoms with Gasteiger partial charge in [-0.15, -0.1) is 0 Å². The van der Waals surface area contributed by atoms with Crippen molar-refractivity contribution in [3.8, 4) is 6.07 Å². The minimum atomic E-state index is -0.0733. The van der Waals surface area contributed by atoms with Crippen molar-refractivity contribution in [2.75, 3.05) is 59.9 Å². The van der Waals surface area contributed by atoms with Crippen molar-refractivity contribution in [3.63, 3.8) is 0 Å². The zero-order valence-corrected chi connectivity index (χ0v) is 12.3. The zero-order chi connectivity index (χ0) is 15.0. The molecule has 1 rings (SSSR count). The lowest BCUT2D eigenvalue weighted by molar-refractivity contribution is -0.134. The summed E-state index contributed by atoms with van der Waals surface area (Å²) in [5.74, 6) is -0.0164. The highest BCUT2D eigenvalue weighted by Gasteiger charge is 2.19. The van der Waals surface area contributed by atoms with Gasteiger partial charge in [0.15, 0.2) is 0 Å². The lowest BCUT2D eigenvalue weighted by Gasteiger charge is -2.29. The Balaban J connectivity index is 2.31. The van der Waals surface area contributed by atoms with E-state index >= 15 is 0 Å². The van der Waals surface area contributed by atoms with Gasteiger partial charge in [0.05, 0.1) is 25.6 Å². The van der Waals surface area contributed by atoms with Gasteiger partial charge in [-0.25, -0.2) is 0 Å². The fourth-order valence-corrected chi connectivity index (χ4v) is 2.00. The molecule has 2 amide bonds. The molecular formula is C13H23N5O2. The Kier molecular flexibility index (Phi) is 6.98. The molecular weight excluding hydrogens is 258 g/mol. The molecule has 7 heteroatoms. The monoisotopic (exact) mass is 281 g/mol. The largest absolute Gasteiger partial charge is 0.344 e. The Labute approximate surface area is 120 Å². The van der Waals surface area contributed by atoms with Crippen LogP contribution in [0.1, 0.15) is 6.42 Å². The molecule has 1 N–H and O–H groups in total. The van der Waals surface area contributed by atoms with Gasteiger partial charge in [0, 0.05) is 39.8 Å². The SMILES string of the molecule is CN(CC(=O)N(C)CCC#N)CC(=O)N1CCNCC1. The molecule has 1 aliphatic heterocycles. The lowest BCUT2D eigenvalue weighted by atomic mass is 10.3. The van der Waals surface area contributed by atoms with Gasteiger partial charge in [-0.1, -0.05) is 0 Å². The van der Waals surface area contributed by atoms with E-state index in [9.17, 15) is 9.59 Å². The number of hydrogen-bond acceptors (Lipinski definition) is 5. The lowest BCUT2D eigenvalue weighted by Crippen LogP contribution is -2.50. The van der Waals surface area contributed by atoms with Crippen LogP contribution in [0.15, 0.2) is 0 Å². The molecule has 0 bridgehead atoms. The maximum Gasteiger partial charge on any atom is 0.236 e. The molecule has 0 aromatic rings. The maximum absolute atomic E-state index is 12.0. The predicted molar refractivity (Wildman–Crippen MR) is 74.8 cm³/mol. The van der Waals surface area contributed by atoms with Crippen molar-refractivity contribution in [2.24, 2.45) is 0 Å². The quantitative estimate of drug-likeness (QED) is 0.656. The van der Waals surface area contributed by atoms with Crippen molar-refractivity contribution in [1.29, 1.82) is 5.26 Å². The van der Waals surface area contributed by atoms with Crippen LogP contribution >= 0.6 is 0 Å². The highest BCUT2D eigenvalue weighted by atomic mass is 16.2. The number of likely N-dealkylation sites (N-methyl/N-ethyl adjacent to an activating group) is 2. The van der Waals surface area contributed by atoms with Crippen LogP contribution in [-0.4, -0.2) is 86.4 Å². The average molecular weight is 281 g/mol. The molecule has 0 spiro atoms. The average Bonchev–Trinajstić information content (AvgIpc) is 2.45. The van der Waals surface area contributed by atoms with Gasteiger partial charge in [-0.2, -0.15) is 5.26 Å². The van der Waals surface area contributed by atoms with Crippen LogP contribution in [0.2, 0.25) is 0 Å². The van der Waals surface area contributed by atoms with E-state index in [1.807, 2.05) is 11.0 Å². The minimum absolute atomic E-state index is 0.0569. The topological polar surface area (TPSA) is 79.7 Å². The van der Waals surface area contributed by atoms with E-state index in [0.29, 0.717) is 13.0 Å². The fourth-order valence-electron chi connectivity index (χ4n) is 2.00. The first kappa shape index (κ1) is 16.4. The van der Waals surface area contributed by atoms with Gasteiger partial charge in [0.25, 0.3) is 0 Å². The van der Waals surface area contributed by atoms with Gasteiger partial charge in [-0.3, -0.25) is 14.5 Å². The zero-order valence-electron chi connectivity index (χ0n) is 12.3. The fraction of sp³-hybridized carbons (Fsp3) is 0.769. The van der Waals surface area contributed by atoms with Crippen LogP contribution in [-0.2, 0) is 9.59 Å². The standard InChI is InChI=1S/C13H23N5O2/c1-16(10-12(19)17(2)7-3-4-14)11-13(20)18-8-5-15-6-9-18/h15H,3,5-11H2,1-2H3. The first-order valence-electron chi connectivity index (χ1n) is 6.82. The summed E-state index contributed by atoms with van der Waals surface area (Å²) < 4.78 is 0. The third-order valence-electron chi connectivity index (χ3n) is 3.26.